The average molecular weight is 249 g/mol. The van der Waals surface area contributed by atoms with Crippen molar-refractivity contribution in [3.63, 3.8) is 0 Å². The molecule has 0 radical (unpaired) electrons. The lowest BCUT2D eigenvalue weighted by molar-refractivity contribution is 1.21. The van der Waals surface area contributed by atoms with E-state index < -0.39 is 0 Å². The van der Waals surface area contributed by atoms with Crippen LogP contribution in [0.25, 0.3) is 10.9 Å². The van der Waals surface area contributed by atoms with Gasteiger partial charge in [-0.15, -0.1) is 0 Å². The quantitative estimate of drug-likeness (QED) is 0.746. The van der Waals surface area contributed by atoms with Gasteiger partial charge in [0, 0.05) is 11.1 Å². The van der Waals surface area contributed by atoms with Gasteiger partial charge in [-0.2, -0.15) is 0 Å². The highest BCUT2D eigenvalue weighted by molar-refractivity contribution is 5.90. The van der Waals surface area contributed by atoms with Crippen molar-refractivity contribution < 1.29 is 0 Å². The molecular formula is C16H15N3. The van der Waals surface area contributed by atoms with Gasteiger partial charge in [0.05, 0.1) is 5.52 Å². The second-order valence-electron chi connectivity index (χ2n) is 4.73. The Morgan fingerprint density at radius 3 is 2.37 bits per heavy atom. The highest BCUT2D eigenvalue weighted by Gasteiger charge is 2.04. The molecule has 19 heavy (non-hydrogen) atoms. The van der Waals surface area contributed by atoms with Crippen molar-refractivity contribution in [2.75, 3.05) is 5.32 Å². The molecule has 0 saturated carbocycles. The summed E-state index contributed by atoms with van der Waals surface area (Å²) in [7, 11) is 0. The molecule has 0 bridgehead atoms. The smallest absolute Gasteiger partial charge is 0.141 e. The molecule has 2 aromatic carbocycles. The molecule has 94 valence electrons. The van der Waals surface area contributed by atoms with Crippen molar-refractivity contribution in [2.24, 2.45) is 0 Å². The molecular weight excluding hydrogens is 234 g/mol. The number of aryl methyl sites for hydroxylation is 2. The zero-order valence-electron chi connectivity index (χ0n) is 11.0. The van der Waals surface area contributed by atoms with Gasteiger partial charge in [0.25, 0.3) is 0 Å². The van der Waals surface area contributed by atoms with E-state index in [1.54, 1.807) is 6.33 Å². The van der Waals surface area contributed by atoms with Crippen LogP contribution >= 0.6 is 0 Å². The number of rotatable bonds is 2. The number of benzene rings is 2. The van der Waals surface area contributed by atoms with Gasteiger partial charge in [0.2, 0.25) is 0 Å². The molecule has 0 aliphatic carbocycles. The first-order valence-corrected chi connectivity index (χ1v) is 6.27. The molecule has 0 fully saturated rings. The van der Waals surface area contributed by atoms with E-state index in [1.807, 2.05) is 6.07 Å². The predicted octanol–water partition coefficient (Wildman–Crippen LogP) is 3.99. The van der Waals surface area contributed by atoms with Crippen molar-refractivity contribution in [1.29, 1.82) is 0 Å². The largest absolute Gasteiger partial charge is 0.340 e. The Kier molecular flexibility index (Phi) is 2.88. The molecule has 1 aromatic heterocycles. The van der Waals surface area contributed by atoms with Crippen molar-refractivity contribution in [1.82, 2.24) is 9.97 Å². The molecule has 3 aromatic rings. The van der Waals surface area contributed by atoms with Crippen LogP contribution in [0.4, 0.5) is 11.5 Å². The number of anilines is 2. The molecule has 0 aliphatic heterocycles. The third kappa shape index (κ3) is 2.40. The van der Waals surface area contributed by atoms with Gasteiger partial charge in [-0.3, -0.25) is 0 Å². The minimum atomic E-state index is 0.845. The topological polar surface area (TPSA) is 37.8 Å². The lowest BCUT2D eigenvalue weighted by atomic mass is 10.1. The Hall–Kier alpha value is -2.42. The fourth-order valence-corrected chi connectivity index (χ4v) is 2.04. The van der Waals surface area contributed by atoms with Crippen LogP contribution in [0, 0.1) is 13.8 Å². The Morgan fingerprint density at radius 1 is 0.842 bits per heavy atom. The number of aromatic nitrogens is 2. The lowest BCUT2D eigenvalue weighted by Crippen LogP contribution is -1.96. The minimum Gasteiger partial charge on any atom is -0.340 e. The van der Waals surface area contributed by atoms with Gasteiger partial charge < -0.3 is 5.32 Å². The Bertz CT molecular complexity index is 718. The van der Waals surface area contributed by atoms with Gasteiger partial charge in [0.1, 0.15) is 12.1 Å². The van der Waals surface area contributed by atoms with E-state index in [4.69, 9.17) is 0 Å². The standard InChI is InChI=1S/C16H15N3/c1-11-3-6-13(7-4-11)19-16-14-9-12(2)5-8-15(14)17-10-18-16/h3-10H,1-2H3,(H,17,18,19). The number of nitrogens with zero attached hydrogens (tertiary/aromatic N) is 2. The number of nitrogens with one attached hydrogen (secondary N) is 1. The van der Waals surface area contributed by atoms with E-state index in [0.717, 1.165) is 22.4 Å². The predicted molar refractivity (Wildman–Crippen MR) is 78.7 cm³/mol. The molecule has 0 aliphatic rings. The van der Waals surface area contributed by atoms with Crippen LogP contribution in [-0.2, 0) is 0 Å². The average Bonchev–Trinajstić information content (AvgIpc) is 2.42. The number of hydrogen-bond acceptors (Lipinski definition) is 3. The second-order valence-corrected chi connectivity index (χ2v) is 4.73. The first-order chi connectivity index (χ1) is 9.22. The first kappa shape index (κ1) is 11.7. The Morgan fingerprint density at radius 2 is 1.58 bits per heavy atom. The molecule has 3 rings (SSSR count). The molecule has 0 amide bonds. The van der Waals surface area contributed by atoms with Crippen molar-refractivity contribution in [3.8, 4) is 0 Å². The first-order valence-electron chi connectivity index (χ1n) is 6.27. The van der Waals surface area contributed by atoms with Gasteiger partial charge in [-0.25, -0.2) is 9.97 Å². The molecule has 0 unspecified atom stereocenters. The Balaban J connectivity index is 2.05. The molecule has 3 heteroatoms. The third-order valence-electron chi connectivity index (χ3n) is 3.11. The molecule has 0 saturated heterocycles. The zero-order valence-corrected chi connectivity index (χ0v) is 11.0. The summed E-state index contributed by atoms with van der Waals surface area (Å²) in [5.74, 6) is 0.845. The van der Waals surface area contributed by atoms with Crippen LogP contribution in [0.5, 0.6) is 0 Å². The highest BCUT2D eigenvalue weighted by Crippen LogP contribution is 2.23. The van der Waals surface area contributed by atoms with Crippen LogP contribution in [0.1, 0.15) is 11.1 Å². The fraction of sp³-hybridized carbons (Fsp3) is 0.125. The monoisotopic (exact) mass is 249 g/mol. The summed E-state index contributed by atoms with van der Waals surface area (Å²) in [6.45, 7) is 4.15. The number of hydrogen-bond donors (Lipinski definition) is 1. The molecule has 0 atom stereocenters. The highest BCUT2D eigenvalue weighted by atomic mass is 15.0. The van der Waals surface area contributed by atoms with Crippen LogP contribution in [-0.4, -0.2) is 9.97 Å². The lowest BCUT2D eigenvalue weighted by Gasteiger charge is -2.09. The van der Waals surface area contributed by atoms with Crippen molar-refractivity contribution in [2.45, 2.75) is 13.8 Å². The normalized spacial score (nSPS) is 10.6. The van der Waals surface area contributed by atoms with Gasteiger partial charge in [-0.05, 0) is 38.1 Å². The van der Waals surface area contributed by atoms with Gasteiger partial charge in [-0.1, -0.05) is 29.3 Å². The van der Waals surface area contributed by atoms with Crippen LogP contribution < -0.4 is 5.32 Å². The maximum Gasteiger partial charge on any atom is 0.141 e. The maximum atomic E-state index is 4.34. The number of fused-ring (bicyclic) bond motifs is 1. The molecule has 0 spiro atoms. The summed E-state index contributed by atoms with van der Waals surface area (Å²) in [5.41, 5.74) is 4.44. The van der Waals surface area contributed by atoms with E-state index in [9.17, 15) is 0 Å². The van der Waals surface area contributed by atoms with Gasteiger partial charge in [0.15, 0.2) is 0 Å². The fourth-order valence-electron chi connectivity index (χ4n) is 2.04. The van der Waals surface area contributed by atoms with Crippen LogP contribution in [0.15, 0.2) is 48.8 Å². The van der Waals surface area contributed by atoms with E-state index in [2.05, 4.69) is 65.5 Å². The molecule has 1 N–H and O–H groups in total. The van der Waals surface area contributed by atoms with E-state index in [-0.39, 0.29) is 0 Å². The summed E-state index contributed by atoms with van der Waals surface area (Å²) < 4.78 is 0. The Labute approximate surface area is 112 Å². The zero-order chi connectivity index (χ0) is 13.2. The van der Waals surface area contributed by atoms with Gasteiger partial charge >= 0.3 is 0 Å². The molecule has 1 heterocycles. The van der Waals surface area contributed by atoms with Crippen LogP contribution in [0.2, 0.25) is 0 Å². The SMILES string of the molecule is Cc1ccc(Nc2ncnc3ccc(C)cc23)cc1. The van der Waals surface area contributed by atoms with E-state index in [1.165, 1.54) is 11.1 Å². The maximum absolute atomic E-state index is 4.34. The van der Waals surface area contributed by atoms with Crippen molar-refractivity contribution in [3.05, 3.63) is 59.9 Å². The summed E-state index contributed by atoms with van der Waals surface area (Å²) in [6.07, 6.45) is 1.59. The summed E-state index contributed by atoms with van der Waals surface area (Å²) in [5, 5.41) is 4.39. The third-order valence-corrected chi connectivity index (χ3v) is 3.11. The molecule has 3 nitrogen and oxygen atoms in total. The van der Waals surface area contributed by atoms with E-state index in [0.29, 0.717) is 0 Å². The minimum absolute atomic E-state index is 0.845. The van der Waals surface area contributed by atoms with E-state index >= 15 is 0 Å². The van der Waals surface area contributed by atoms with Crippen molar-refractivity contribution >= 4 is 22.4 Å². The second kappa shape index (κ2) is 4.69. The van der Waals surface area contributed by atoms with Crippen LogP contribution in [0.3, 0.4) is 0 Å². The summed E-state index contributed by atoms with van der Waals surface area (Å²) in [4.78, 5) is 8.63. The summed E-state index contributed by atoms with van der Waals surface area (Å²) >= 11 is 0. The summed E-state index contributed by atoms with van der Waals surface area (Å²) in [6, 6.07) is 14.5.